The first-order valence-corrected chi connectivity index (χ1v) is 3.10. The van der Waals surface area contributed by atoms with Crippen LogP contribution in [-0.4, -0.2) is 12.1 Å². The van der Waals surface area contributed by atoms with E-state index in [1.807, 2.05) is 0 Å². The highest BCUT2D eigenvalue weighted by Gasteiger charge is 2.14. The zero-order valence-corrected chi connectivity index (χ0v) is 5.77. The van der Waals surface area contributed by atoms with Gasteiger partial charge < -0.3 is 10.8 Å². The summed E-state index contributed by atoms with van der Waals surface area (Å²) in [7, 11) is -1.31. The first-order valence-electron chi connectivity index (χ1n) is 3.10. The van der Waals surface area contributed by atoms with Gasteiger partial charge in [-0.2, -0.15) is 4.91 Å². The van der Waals surface area contributed by atoms with E-state index in [1.165, 1.54) is 6.07 Å². The second-order valence-corrected chi connectivity index (χ2v) is 2.15. The van der Waals surface area contributed by atoms with Crippen LogP contribution in [0.25, 0.3) is 0 Å². The van der Waals surface area contributed by atoms with Crippen LogP contribution in [0.3, 0.4) is 0 Å². The molecule has 0 aliphatic heterocycles. The number of nitroso groups, excluding NO2 is 1. The highest BCUT2D eigenvalue weighted by atomic mass is 16.3. The fourth-order valence-electron chi connectivity index (χ4n) is 0.780. The Bertz CT molecular complexity index is 267. The Morgan fingerprint density at radius 3 is 2.82 bits per heavy atom. The van der Waals surface area contributed by atoms with Gasteiger partial charge in [-0.25, -0.2) is 0 Å². The summed E-state index contributed by atoms with van der Waals surface area (Å²) in [6, 6.07) is 6.41. The van der Waals surface area contributed by atoms with Gasteiger partial charge in [-0.15, -0.1) is 0 Å². The molecule has 0 fully saturated rings. The van der Waals surface area contributed by atoms with Gasteiger partial charge in [0.2, 0.25) is 0 Å². The molecule has 0 saturated carbocycles. The third-order valence-corrected chi connectivity index (χ3v) is 1.31. The lowest BCUT2D eigenvalue weighted by molar-refractivity contribution is 0.587. The second-order valence-electron chi connectivity index (χ2n) is 2.15. The fraction of sp³-hybridized carbons (Fsp3) is 0. The maximum Gasteiger partial charge on any atom is 0.517 e. The molecule has 0 aromatic heterocycles. The molecule has 0 atom stereocenters. The Kier molecular flexibility index (Phi) is 2.23. The van der Waals surface area contributed by atoms with Crippen LogP contribution in [0.4, 0.5) is 5.69 Å². The van der Waals surface area contributed by atoms with E-state index < -0.39 is 7.05 Å². The number of hydrogen-bond donors (Lipinski definition) is 2. The molecule has 3 N–H and O–H groups in total. The molecule has 0 heterocycles. The van der Waals surface area contributed by atoms with E-state index in [-0.39, 0.29) is 0 Å². The van der Waals surface area contributed by atoms with Crippen LogP contribution in [0.2, 0.25) is 0 Å². The number of benzene rings is 1. The van der Waals surface area contributed by atoms with Crippen LogP contribution < -0.4 is 11.2 Å². The molecular weight excluding hydrogens is 143 g/mol. The van der Waals surface area contributed by atoms with Gasteiger partial charge in [0.15, 0.2) is 0 Å². The molecule has 4 nitrogen and oxygen atoms in total. The standard InChI is InChI=1S/C6H7BN2O2/c8-6-3-1-2-5(4-6)7(10)9-11/h1-4,10H,8H2. The zero-order chi connectivity index (χ0) is 8.27. The molecule has 0 aliphatic rings. The fourth-order valence-corrected chi connectivity index (χ4v) is 0.780. The summed E-state index contributed by atoms with van der Waals surface area (Å²) in [6.07, 6.45) is 0. The minimum atomic E-state index is -1.31. The Morgan fingerprint density at radius 1 is 1.55 bits per heavy atom. The summed E-state index contributed by atoms with van der Waals surface area (Å²) in [6.45, 7) is 0. The van der Waals surface area contributed by atoms with Crippen molar-refractivity contribution < 1.29 is 5.02 Å². The van der Waals surface area contributed by atoms with E-state index in [9.17, 15) is 4.91 Å². The highest BCUT2D eigenvalue weighted by molar-refractivity contribution is 6.64. The normalized spacial score (nSPS) is 9.18. The summed E-state index contributed by atoms with van der Waals surface area (Å²) >= 11 is 0. The molecule has 1 rings (SSSR count). The molecule has 0 saturated heterocycles. The van der Waals surface area contributed by atoms with Crippen LogP contribution in [0.1, 0.15) is 0 Å². The van der Waals surface area contributed by atoms with Crippen LogP contribution in [0.5, 0.6) is 0 Å². The smallest absolute Gasteiger partial charge is 0.425 e. The topological polar surface area (TPSA) is 75.7 Å². The van der Waals surface area contributed by atoms with E-state index in [0.29, 0.717) is 11.2 Å². The first-order chi connectivity index (χ1) is 5.24. The molecule has 56 valence electrons. The molecule has 0 aliphatic carbocycles. The van der Waals surface area contributed by atoms with Crippen molar-refractivity contribution in [3.63, 3.8) is 0 Å². The molecule has 1 aromatic carbocycles. The third-order valence-electron chi connectivity index (χ3n) is 1.31. The highest BCUT2D eigenvalue weighted by Crippen LogP contribution is 1.97. The molecule has 0 unspecified atom stereocenters. The molecule has 1 aromatic rings. The third kappa shape index (κ3) is 1.78. The largest absolute Gasteiger partial charge is 0.517 e. The van der Waals surface area contributed by atoms with E-state index in [2.05, 4.69) is 5.09 Å². The number of rotatable bonds is 2. The number of nitrogen functional groups attached to an aromatic ring is 1. The predicted octanol–water partition coefficient (Wildman–Crippen LogP) is -0.277. The summed E-state index contributed by atoms with van der Waals surface area (Å²) in [5.41, 5.74) is 6.32. The van der Waals surface area contributed by atoms with Gasteiger partial charge in [-0.3, -0.25) is 0 Å². The lowest BCUT2D eigenvalue weighted by atomic mass is 9.76. The summed E-state index contributed by atoms with van der Waals surface area (Å²) < 4.78 is 0. The van der Waals surface area contributed by atoms with Crippen molar-refractivity contribution in [2.45, 2.75) is 0 Å². The van der Waals surface area contributed by atoms with Crippen LogP contribution in [0.15, 0.2) is 29.4 Å². The molecule has 0 radical (unpaired) electrons. The molecular formula is C6H7BN2O2. The Balaban J connectivity index is 2.95. The molecule has 0 spiro atoms. The molecule has 0 amide bonds. The van der Waals surface area contributed by atoms with Gasteiger partial charge in [-0.05, 0) is 17.6 Å². The monoisotopic (exact) mass is 150 g/mol. The van der Waals surface area contributed by atoms with Gasteiger partial charge in [0, 0.05) is 5.69 Å². The summed E-state index contributed by atoms with van der Waals surface area (Å²) in [5, 5.41) is 11.4. The SMILES string of the molecule is Nc1cccc(B(O)N=O)c1. The second kappa shape index (κ2) is 3.16. The van der Waals surface area contributed by atoms with Gasteiger partial charge in [0.1, 0.15) is 0 Å². The van der Waals surface area contributed by atoms with Crippen LogP contribution >= 0.6 is 0 Å². The van der Waals surface area contributed by atoms with E-state index in [0.717, 1.165) is 0 Å². The van der Waals surface area contributed by atoms with Gasteiger partial charge in [0.25, 0.3) is 0 Å². The van der Waals surface area contributed by atoms with Gasteiger partial charge in [-0.1, -0.05) is 17.2 Å². The summed E-state index contributed by atoms with van der Waals surface area (Å²) in [5.74, 6) is 0. The predicted molar refractivity (Wildman–Crippen MR) is 44.3 cm³/mol. The molecule has 0 bridgehead atoms. The number of nitrogens with two attached hydrogens (primary N) is 1. The van der Waals surface area contributed by atoms with E-state index in [4.69, 9.17) is 10.8 Å². The van der Waals surface area contributed by atoms with Crippen molar-refractivity contribution in [1.29, 1.82) is 0 Å². The van der Waals surface area contributed by atoms with E-state index >= 15 is 0 Å². The first kappa shape index (κ1) is 7.75. The Labute approximate surface area is 64.1 Å². The molecule has 11 heavy (non-hydrogen) atoms. The van der Waals surface area contributed by atoms with Crippen molar-refractivity contribution in [2.24, 2.45) is 5.09 Å². The van der Waals surface area contributed by atoms with Crippen molar-refractivity contribution in [3.8, 4) is 0 Å². The van der Waals surface area contributed by atoms with Crippen LogP contribution in [0, 0.1) is 4.91 Å². The van der Waals surface area contributed by atoms with E-state index in [1.54, 1.807) is 18.2 Å². The minimum Gasteiger partial charge on any atom is -0.425 e. The average molecular weight is 150 g/mol. The lowest BCUT2D eigenvalue weighted by Crippen LogP contribution is -2.27. The van der Waals surface area contributed by atoms with Crippen LogP contribution in [-0.2, 0) is 0 Å². The van der Waals surface area contributed by atoms with Gasteiger partial charge >= 0.3 is 7.05 Å². The van der Waals surface area contributed by atoms with Gasteiger partial charge in [0.05, 0.1) is 0 Å². The summed E-state index contributed by atoms with van der Waals surface area (Å²) in [4.78, 5) is 9.88. The average Bonchev–Trinajstić information content (AvgIpc) is 2.03. The number of anilines is 1. The quantitative estimate of drug-likeness (QED) is 0.346. The van der Waals surface area contributed by atoms with Crippen molar-refractivity contribution >= 4 is 18.2 Å². The lowest BCUT2D eigenvalue weighted by Gasteiger charge is -1.97. The number of hydrogen-bond acceptors (Lipinski definition) is 4. The Hall–Kier alpha value is -1.36. The maximum absolute atomic E-state index is 9.88. The minimum absolute atomic E-state index is 0.417. The van der Waals surface area contributed by atoms with Crippen molar-refractivity contribution in [1.82, 2.24) is 0 Å². The zero-order valence-electron chi connectivity index (χ0n) is 5.77. The maximum atomic E-state index is 9.88. The van der Waals surface area contributed by atoms with Crippen molar-refractivity contribution in [3.05, 3.63) is 29.2 Å². The number of nitrogens with zero attached hydrogens (tertiary/aromatic N) is 1. The molecule has 5 heteroatoms. The van der Waals surface area contributed by atoms with Crippen molar-refractivity contribution in [2.75, 3.05) is 5.73 Å². The Morgan fingerprint density at radius 2 is 2.27 bits per heavy atom.